The topological polar surface area (TPSA) is 20.2 Å². The van der Waals surface area contributed by atoms with Crippen LogP contribution in [-0.4, -0.2) is 11.2 Å². The Labute approximate surface area is 62.0 Å². The van der Waals surface area contributed by atoms with Crippen LogP contribution in [0.25, 0.3) is 0 Å². The smallest absolute Gasteiger partial charge is 0.394 e. The molecule has 0 amide bonds. The molecule has 0 aliphatic carbocycles. The van der Waals surface area contributed by atoms with Crippen molar-refractivity contribution in [1.29, 1.82) is 0 Å². The first kappa shape index (κ1) is 25.3. The molecule has 0 aliphatic rings. The summed E-state index contributed by atoms with van der Waals surface area (Å²) >= 11 is 0. The molecular formula is C5H14OTi. The summed E-state index contributed by atoms with van der Waals surface area (Å²) in [7, 11) is 0. The van der Waals surface area contributed by atoms with Crippen molar-refractivity contribution in [3.8, 4) is 0 Å². The second-order valence-corrected chi connectivity index (χ2v) is 1.09. The van der Waals surface area contributed by atoms with E-state index in [9.17, 15) is 0 Å². The van der Waals surface area contributed by atoms with Crippen molar-refractivity contribution in [2.75, 3.05) is 0 Å². The van der Waals surface area contributed by atoms with Crippen LogP contribution in [0.5, 0.6) is 0 Å². The summed E-state index contributed by atoms with van der Waals surface area (Å²) in [5, 5.41) is 8.06. The molecular weight excluding hydrogens is 124 g/mol. The maximum Gasteiger partial charge on any atom is 2.00 e. The molecule has 0 saturated heterocycles. The van der Waals surface area contributed by atoms with Gasteiger partial charge in [-0.15, -0.1) is 0 Å². The van der Waals surface area contributed by atoms with Gasteiger partial charge in [0, 0.05) is 6.10 Å². The van der Waals surface area contributed by atoms with Gasteiger partial charge in [-0.2, -0.15) is 0 Å². The third kappa shape index (κ3) is 321. The molecule has 0 atom stereocenters. The Morgan fingerprint density at radius 3 is 1.14 bits per heavy atom. The largest absolute Gasteiger partial charge is 2.00 e. The van der Waals surface area contributed by atoms with Crippen LogP contribution in [-0.2, 0) is 21.7 Å². The van der Waals surface area contributed by atoms with Gasteiger partial charge in [0.05, 0.1) is 0 Å². The molecule has 0 fully saturated rings. The summed E-state index contributed by atoms with van der Waals surface area (Å²) in [6.45, 7) is 3.44. The van der Waals surface area contributed by atoms with E-state index in [0.29, 0.717) is 0 Å². The number of hydrogen-bond acceptors (Lipinski definition) is 1. The predicted octanol–water partition coefficient (Wildman–Crippen LogP) is 1.29. The van der Waals surface area contributed by atoms with Crippen molar-refractivity contribution < 1.29 is 26.8 Å². The monoisotopic (exact) mass is 138 g/mol. The van der Waals surface area contributed by atoms with E-state index in [2.05, 4.69) is 0 Å². The number of hydrogen-bond donors (Lipinski definition) is 1. The molecule has 44 valence electrons. The number of aliphatic hydroxyl groups excluding tert-OH is 1. The summed E-state index contributed by atoms with van der Waals surface area (Å²) in [5.41, 5.74) is 0. The van der Waals surface area contributed by atoms with E-state index in [1.165, 1.54) is 0 Å². The van der Waals surface area contributed by atoms with E-state index in [1.807, 2.05) is 0 Å². The van der Waals surface area contributed by atoms with Gasteiger partial charge in [0.2, 0.25) is 0 Å². The van der Waals surface area contributed by atoms with Gasteiger partial charge in [-0.1, -0.05) is 0 Å². The van der Waals surface area contributed by atoms with E-state index in [0.717, 1.165) is 0 Å². The van der Waals surface area contributed by atoms with E-state index < -0.39 is 0 Å². The van der Waals surface area contributed by atoms with Gasteiger partial charge in [0.1, 0.15) is 0 Å². The van der Waals surface area contributed by atoms with Crippen molar-refractivity contribution >= 4 is 0 Å². The van der Waals surface area contributed by atoms with E-state index >= 15 is 0 Å². The molecule has 0 rings (SSSR count). The molecule has 2 heteroatoms. The minimum Gasteiger partial charge on any atom is -0.394 e. The second-order valence-electron chi connectivity index (χ2n) is 1.09. The third-order valence-electron chi connectivity index (χ3n) is 0. The van der Waals surface area contributed by atoms with Gasteiger partial charge in [-0.05, 0) is 13.8 Å². The van der Waals surface area contributed by atoms with Crippen molar-refractivity contribution in [2.24, 2.45) is 0 Å². The zero-order valence-electron chi connectivity index (χ0n) is 5.52. The van der Waals surface area contributed by atoms with Gasteiger partial charge >= 0.3 is 21.7 Å². The maximum absolute atomic E-state index is 8.06. The van der Waals surface area contributed by atoms with E-state index in [4.69, 9.17) is 5.11 Å². The molecule has 0 aromatic heterocycles. The molecule has 0 bridgehead atoms. The van der Waals surface area contributed by atoms with Crippen LogP contribution in [0.2, 0.25) is 0 Å². The van der Waals surface area contributed by atoms with Crippen LogP contribution >= 0.6 is 0 Å². The first-order valence-electron chi connectivity index (χ1n) is 1.41. The Morgan fingerprint density at radius 2 is 1.14 bits per heavy atom. The van der Waals surface area contributed by atoms with Crippen LogP contribution < -0.4 is 0 Å². The minimum absolute atomic E-state index is 0. The Kier molecular flexibility index (Phi) is 57.6. The molecule has 0 heterocycles. The SMILES string of the molecule is CC(C)O.[CH3-].[CH3-].[Ti+2]. The Hall–Kier alpha value is 0.674. The van der Waals surface area contributed by atoms with Crippen molar-refractivity contribution in [2.45, 2.75) is 20.0 Å². The summed E-state index contributed by atoms with van der Waals surface area (Å²) < 4.78 is 0. The Balaban J connectivity index is -0.0000000150. The van der Waals surface area contributed by atoms with Gasteiger partial charge in [-0.25, -0.2) is 0 Å². The third-order valence-corrected chi connectivity index (χ3v) is 0. The fourth-order valence-corrected chi connectivity index (χ4v) is 0. The molecule has 0 aromatic carbocycles. The molecule has 0 spiro atoms. The number of rotatable bonds is 0. The van der Waals surface area contributed by atoms with Crippen LogP contribution in [0.15, 0.2) is 0 Å². The first-order chi connectivity index (χ1) is 1.73. The average molecular weight is 138 g/mol. The molecule has 1 nitrogen and oxygen atoms in total. The molecule has 0 radical (unpaired) electrons. The predicted molar refractivity (Wildman–Crippen MR) is 30.2 cm³/mol. The van der Waals surface area contributed by atoms with Gasteiger partial charge in [0.15, 0.2) is 0 Å². The van der Waals surface area contributed by atoms with Crippen LogP contribution in [0.3, 0.4) is 0 Å². The molecule has 7 heavy (non-hydrogen) atoms. The molecule has 1 N–H and O–H groups in total. The Morgan fingerprint density at radius 1 is 1.14 bits per heavy atom. The molecule has 0 saturated carbocycles. The summed E-state index contributed by atoms with van der Waals surface area (Å²) in [6.07, 6.45) is -0.167. The second kappa shape index (κ2) is 15.9. The zero-order valence-corrected chi connectivity index (χ0v) is 7.09. The molecule has 0 aliphatic heterocycles. The van der Waals surface area contributed by atoms with E-state index in [1.54, 1.807) is 13.8 Å². The van der Waals surface area contributed by atoms with Gasteiger partial charge < -0.3 is 20.0 Å². The quantitative estimate of drug-likeness (QED) is 0.395. The van der Waals surface area contributed by atoms with Gasteiger partial charge in [-0.3, -0.25) is 0 Å². The summed E-state index contributed by atoms with van der Waals surface area (Å²) in [4.78, 5) is 0. The zero-order chi connectivity index (χ0) is 3.58. The van der Waals surface area contributed by atoms with Crippen LogP contribution in [0, 0.1) is 14.9 Å². The maximum atomic E-state index is 8.06. The fraction of sp³-hybridized carbons (Fsp3) is 0.600. The summed E-state index contributed by atoms with van der Waals surface area (Å²) in [5.74, 6) is 0. The van der Waals surface area contributed by atoms with Crippen LogP contribution in [0.1, 0.15) is 13.8 Å². The van der Waals surface area contributed by atoms with Gasteiger partial charge in [0.25, 0.3) is 0 Å². The average Bonchev–Trinajstić information content (AvgIpc) is 0.811. The van der Waals surface area contributed by atoms with Crippen LogP contribution in [0.4, 0.5) is 0 Å². The van der Waals surface area contributed by atoms with Crippen molar-refractivity contribution in [1.82, 2.24) is 0 Å². The standard InChI is InChI=1S/C3H8O.2CH3.Ti/c1-3(2)4;;;/h3-4H,1-2H3;2*1H3;/q;2*-1;+2. The molecule has 0 unspecified atom stereocenters. The normalized spacial score (nSPS) is 5.14. The Bertz CT molecular complexity index is 12.8. The minimum atomic E-state index is -0.167. The number of aliphatic hydroxyl groups is 1. The summed E-state index contributed by atoms with van der Waals surface area (Å²) in [6, 6.07) is 0. The van der Waals surface area contributed by atoms with Crippen molar-refractivity contribution in [3.63, 3.8) is 0 Å². The molecule has 0 aromatic rings. The fourth-order valence-electron chi connectivity index (χ4n) is 0. The first-order valence-corrected chi connectivity index (χ1v) is 1.41. The van der Waals surface area contributed by atoms with Crippen molar-refractivity contribution in [3.05, 3.63) is 14.9 Å². The van der Waals surface area contributed by atoms with E-state index in [-0.39, 0.29) is 42.7 Å².